The zero-order valence-corrected chi connectivity index (χ0v) is 12.3. The molecule has 0 aliphatic carbocycles. The Kier molecular flexibility index (Phi) is 4.89. The summed E-state index contributed by atoms with van der Waals surface area (Å²) in [5.74, 6) is -0.0690. The van der Waals surface area contributed by atoms with E-state index in [1.807, 2.05) is 6.07 Å². The lowest BCUT2D eigenvalue weighted by molar-refractivity contribution is -0.385. The maximum Gasteiger partial charge on any atom is 0.272 e. The SMILES string of the molecule is Cc1cc(OCC(=O)Nc2ccccc2C#N)ccc1[N+](=O)[O-]. The van der Waals surface area contributed by atoms with Crippen molar-refractivity contribution in [1.82, 2.24) is 0 Å². The number of hydrogen-bond acceptors (Lipinski definition) is 5. The third-order valence-corrected chi connectivity index (χ3v) is 3.06. The Morgan fingerprint density at radius 3 is 2.74 bits per heavy atom. The van der Waals surface area contributed by atoms with Gasteiger partial charge in [-0.15, -0.1) is 0 Å². The number of nitriles is 1. The van der Waals surface area contributed by atoms with Gasteiger partial charge in [-0.2, -0.15) is 5.26 Å². The maximum absolute atomic E-state index is 11.9. The molecule has 7 nitrogen and oxygen atoms in total. The molecule has 0 aromatic heterocycles. The Bertz CT molecular complexity index is 796. The van der Waals surface area contributed by atoms with Crippen LogP contribution in [0, 0.1) is 28.4 Å². The Morgan fingerprint density at radius 2 is 2.09 bits per heavy atom. The lowest BCUT2D eigenvalue weighted by Gasteiger charge is -2.09. The van der Waals surface area contributed by atoms with Crippen molar-refractivity contribution >= 4 is 17.3 Å². The number of carbonyl (C=O) groups excluding carboxylic acids is 1. The highest BCUT2D eigenvalue weighted by molar-refractivity contribution is 5.93. The number of rotatable bonds is 5. The molecule has 1 N–H and O–H groups in total. The number of carbonyl (C=O) groups is 1. The van der Waals surface area contributed by atoms with Gasteiger partial charge in [-0.05, 0) is 31.2 Å². The van der Waals surface area contributed by atoms with E-state index in [4.69, 9.17) is 10.00 Å². The molecule has 0 heterocycles. The van der Waals surface area contributed by atoms with Gasteiger partial charge in [0, 0.05) is 11.6 Å². The minimum atomic E-state index is -0.482. The second-order valence-electron chi connectivity index (χ2n) is 4.70. The molecule has 23 heavy (non-hydrogen) atoms. The van der Waals surface area contributed by atoms with E-state index in [-0.39, 0.29) is 12.3 Å². The number of para-hydroxylation sites is 1. The molecule has 0 radical (unpaired) electrons. The number of ether oxygens (including phenoxy) is 1. The van der Waals surface area contributed by atoms with Gasteiger partial charge in [0.1, 0.15) is 11.8 Å². The fourth-order valence-corrected chi connectivity index (χ4v) is 1.95. The first kappa shape index (κ1) is 16.0. The van der Waals surface area contributed by atoms with Crippen molar-refractivity contribution in [3.8, 4) is 11.8 Å². The molecule has 2 aromatic carbocycles. The molecule has 7 heteroatoms. The average molecular weight is 311 g/mol. The Morgan fingerprint density at radius 1 is 1.35 bits per heavy atom. The van der Waals surface area contributed by atoms with E-state index in [0.717, 1.165) is 0 Å². The normalized spacial score (nSPS) is 9.74. The van der Waals surface area contributed by atoms with Crippen LogP contribution in [0.2, 0.25) is 0 Å². The van der Waals surface area contributed by atoms with Gasteiger partial charge < -0.3 is 10.1 Å². The smallest absolute Gasteiger partial charge is 0.272 e. The summed E-state index contributed by atoms with van der Waals surface area (Å²) in [7, 11) is 0. The summed E-state index contributed by atoms with van der Waals surface area (Å²) in [6.07, 6.45) is 0. The number of benzene rings is 2. The lowest BCUT2D eigenvalue weighted by atomic mass is 10.2. The summed E-state index contributed by atoms with van der Waals surface area (Å²) in [5.41, 5.74) is 1.20. The summed E-state index contributed by atoms with van der Waals surface area (Å²) >= 11 is 0. The van der Waals surface area contributed by atoms with Crippen LogP contribution in [0.15, 0.2) is 42.5 Å². The van der Waals surface area contributed by atoms with Crippen molar-refractivity contribution < 1.29 is 14.5 Å². The first-order chi connectivity index (χ1) is 11.0. The van der Waals surface area contributed by atoms with Crippen molar-refractivity contribution in [2.45, 2.75) is 6.92 Å². The van der Waals surface area contributed by atoms with Gasteiger partial charge in [0.2, 0.25) is 0 Å². The minimum absolute atomic E-state index is 0.00949. The third kappa shape index (κ3) is 4.04. The average Bonchev–Trinajstić information content (AvgIpc) is 2.53. The van der Waals surface area contributed by atoms with Gasteiger partial charge in [-0.1, -0.05) is 12.1 Å². The van der Waals surface area contributed by atoms with Gasteiger partial charge in [0.05, 0.1) is 16.2 Å². The summed E-state index contributed by atoms with van der Waals surface area (Å²) in [4.78, 5) is 22.1. The summed E-state index contributed by atoms with van der Waals surface area (Å²) in [6, 6.07) is 12.8. The van der Waals surface area contributed by atoms with Crippen LogP contribution in [0.1, 0.15) is 11.1 Å². The molecule has 0 bridgehead atoms. The van der Waals surface area contributed by atoms with Crippen molar-refractivity contribution in [3.05, 3.63) is 63.7 Å². The van der Waals surface area contributed by atoms with Crippen molar-refractivity contribution in [3.63, 3.8) is 0 Å². The number of aryl methyl sites for hydroxylation is 1. The molecule has 116 valence electrons. The van der Waals surface area contributed by atoms with Gasteiger partial charge in [0.25, 0.3) is 11.6 Å². The highest BCUT2D eigenvalue weighted by Crippen LogP contribution is 2.23. The van der Waals surface area contributed by atoms with Crippen LogP contribution in [0.5, 0.6) is 5.75 Å². The molecule has 0 saturated carbocycles. The Labute approximate surface area is 132 Å². The highest BCUT2D eigenvalue weighted by Gasteiger charge is 2.12. The van der Waals surface area contributed by atoms with E-state index in [2.05, 4.69) is 5.32 Å². The second kappa shape index (κ2) is 7.04. The van der Waals surface area contributed by atoms with Crippen LogP contribution >= 0.6 is 0 Å². The number of anilines is 1. The predicted octanol–water partition coefficient (Wildman–Crippen LogP) is 2.79. The van der Waals surface area contributed by atoms with Crippen LogP contribution in [0.4, 0.5) is 11.4 Å². The van der Waals surface area contributed by atoms with Crippen LogP contribution < -0.4 is 10.1 Å². The standard InChI is InChI=1S/C16H13N3O4/c1-11-8-13(6-7-15(11)19(21)22)23-10-16(20)18-14-5-3-2-4-12(14)9-17/h2-8H,10H2,1H3,(H,18,20). The summed E-state index contributed by atoms with van der Waals surface area (Å²) < 4.78 is 5.31. The Balaban J connectivity index is 1.98. The highest BCUT2D eigenvalue weighted by atomic mass is 16.6. The predicted molar refractivity (Wildman–Crippen MR) is 83.1 cm³/mol. The molecule has 0 atom stereocenters. The van der Waals surface area contributed by atoms with E-state index < -0.39 is 10.8 Å². The van der Waals surface area contributed by atoms with Crippen LogP contribution in [0.3, 0.4) is 0 Å². The van der Waals surface area contributed by atoms with Gasteiger partial charge in [0.15, 0.2) is 6.61 Å². The molecular weight excluding hydrogens is 298 g/mol. The molecule has 0 unspecified atom stereocenters. The van der Waals surface area contributed by atoms with Gasteiger partial charge in [-0.25, -0.2) is 0 Å². The fourth-order valence-electron chi connectivity index (χ4n) is 1.95. The quantitative estimate of drug-likeness (QED) is 0.675. The van der Waals surface area contributed by atoms with Gasteiger partial charge >= 0.3 is 0 Å². The van der Waals surface area contributed by atoms with E-state index in [9.17, 15) is 14.9 Å². The molecule has 0 aliphatic rings. The molecule has 0 aliphatic heterocycles. The van der Waals surface area contributed by atoms with Crippen LogP contribution in [0.25, 0.3) is 0 Å². The monoisotopic (exact) mass is 311 g/mol. The van der Waals surface area contributed by atoms with Crippen molar-refractivity contribution in [2.24, 2.45) is 0 Å². The number of hydrogen-bond donors (Lipinski definition) is 1. The number of nitro benzene ring substituents is 1. The first-order valence-electron chi connectivity index (χ1n) is 6.68. The van der Waals surface area contributed by atoms with E-state index in [1.54, 1.807) is 31.2 Å². The molecule has 0 spiro atoms. The lowest BCUT2D eigenvalue weighted by Crippen LogP contribution is -2.20. The molecule has 1 amide bonds. The van der Waals surface area contributed by atoms with E-state index in [0.29, 0.717) is 22.6 Å². The summed E-state index contributed by atoms with van der Waals surface area (Å²) in [6.45, 7) is 1.32. The third-order valence-electron chi connectivity index (χ3n) is 3.06. The Hall–Kier alpha value is -3.40. The van der Waals surface area contributed by atoms with Crippen LogP contribution in [-0.2, 0) is 4.79 Å². The zero-order valence-electron chi connectivity index (χ0n) is 12.3. The molecular formula is C16H13N3O4. The summed E-state index contributed by atoms with van der Waals surface area (Å²) in [5, 5.41) is 22.3. The number of amides is 1. The second-order valence-corrected chi connectivity index (χ2v) is 4.70. The maximum atomic E-state index is 11.9. The minimum Gasteiger partial charge on any atom is -0.484 e. The topological polar surface area (TPSA) is 105 Å². The molecule has 2 aromatic rings. The van der Waals surface area contributed by atoms with Crippen LogP contribution in [-0.4, -0.2) is 17.4 Å². The molecule has 0 saturated heterocycles. The number of nitrogens with zero attached hydrogens (tertiary/aromatic N) is 2. The van der Waals surface area contributed by atoms with E-state index >= 15 is 0 Å². The van der Waals surface area contributed by atoms with E-state index in [1.165, 1.54) is 18.2 Å². The molecule has 2 rings (SSSR count). The first-order valence-corrected chi connectivity index (χ1v) is 6.68. The van der Waals surface area contributed by atoms with Gasteiger partial charge in [-0.3, -0.25) is 14.9 Å². The zero-order chi connectivity index (χ0) is 16.8. The molecule has 0 fully saturated rings. The number of nitrogens with one attached hydrogen (secondary N) is 1. The van der Waals surface area contributed by atoms with Crippen molar-refractivity contribution in [2.75, 3.05) is 11.9 Å². The fraction of sp³-hybridized carbons (Fsp3) is 0.125. The van der Waals surface area contributed by atoms with Crippen molar-refractivity contribution in [1.29, 1.82) is 5.26 Å². The number of nitro groups is 1. The largest absolute Gasteiger partial charge is 0.484 e.